The Morgan fingerprint density at radius 3 is 2.91 bits per heavy atom. The Labute approximate surface area is 212 Å². The first-order chi connectivity index (χ1) is 16.4. The molecule has 0 spiro atoms. The summed E-state index contributed by atoms with van der Waals surface area (Å²) in [5, 5.41) is 20.3. The van der Waals surface area contributed by atoms with Gasteiger partial charge in [0.15, 0.2) is 4.34 Å². The third-order valence-electron chi connectivity index (χ3n) is 4.99. The van der Waals surface area contributed by atoms with Crippen LogP contribution in [0.15, 0.2) is 38.4 Å². The van der Waals surface area contributed by atoms with Crippen molar-refractivity contribution < 1.29 is 28.6 Å². The predicted molar refractivity (Wildman–Crippen MR) is 131 cm³/mol. The van der Waals surface area contributed by atoms with Crippen molar-refractivity contribution in [2.75, 3.05) is 24.1 Å². The van der Waals surface area contributed by atoms with Gasteiger partial charge >= 0.3 is 5.97 Å². The highest BCUT2D eigenvalue weighted by molar-refractivity contribution is 8.02. The minimum atomic E-state index is -1.16. The predicted octanol–water partition coefficient (Wildman–Crippen LogP) is 2.74. The molecule has 182 valence electrons. The van der Waals surface area contributed by atoms with Crippen molar-refractivity contribution in [3.63, 3.8) is 0 Å². The fourth-order valence-corrected chi connectivity index (χ4v) is 7.65. The lowest BCUT2D eigenvalue weighted by molar-refractivity contribution is -0.150. The fraction of sp³-hybridized carbons (Fsp3) is 0.450. The summed E-state index contributed by atoms with van der Waals surface area (Å²) in [4.78, 5) is 39.3. The van der Waals surface area contributed by atoms with E-state index in [0.717, 1.165) is 9.35 Å². The molecule has 2 aromatic rings. The molecule has 34 heavy (non-hydrogen) atoms. The molecule has 2 N–H and O–H groups in total. The zero-order valence-corrected chi connectivity index (χ0v) is 21.5. The fourth-order valence-electron chi connectivity index (χ4n) is 3.44. The van der Waals surface area contributed by atoms with Crippen molar-refractivity contribution in [1.29, 1.82) is 0 Å². The van der Waals surface area contributed by atoms with Crippen molar-refractivity contribution >= 4 is 64.4 Å². The summed E-state index contributed by atoms with van der Waals surface area (Å²) in [5.41, 5.74) is 0.631. The molecule has 1 fully saturated rings. The van der Waals surface area contributed by atoms with Crippen LogP contribution in [0.5, 0.6) is 0 Å². The summed E-state index contributed by atoms with van der Waals surface area (Å²) in [6.07, 6.45) is 1.48. The van der Waals surface area contributed by atoms with Crippen LogP contribution in [-0.2, 0) is 19.1 Å². The molecule has 4 heterocycles. The highest BCUT2D eigenvalue weighted by Crippen LogP contribution is 2.42. The number of thioether (sulfide) groups is 3. The van der Waals surface area contributed by atoms with Crippen molar-refractivity contribution in [1.82, 2.24) is 20.4 Å². The number of ether oxygens (including phenoxy) is 1. The van der Waals surface area contributed by atoms with Gasteiger partial charge in [0.05, 0.1) is 12.2 Å². The number of carboxylic acid groups (broad SMARTS) is 1. The van der Waals surface area contributed by atoms with Crippen LogP contribution in [0.2, 0.25) is 0 Å². The van der Waals surface area contributed by atoms with E-state index in [2.05, 4.69) is 15.5 Å². The molecule has 14 heteroatoms. The number of rotatable bonds is 11. The molecule has 10 nitrogen and oxygen atoms in total. The summed E-state index contributed by atoms with van der Waals surface area (Å²) in [5.74, 6) is -0.400. The minimum Gasteiger partial charge on any atom is -0.477 e. The van der Waals surface area contributed by atoms with E-state index in [0.29, 0.717) is 35.4 Å². The number of β-lactam (4-membered cyclic amide) rings is 1. The topological polar surface area (TPSA) is 135 Å². The van der Waals surface area contributed by atoms with Crippen molar-refractivity contribution in [3.05, 3.63) is 40.4 Å². The average Bonchev–Trinajstić information content (AvgIpc) is 3.50. The molecule has 0 aromatic carbocycles. The lowest BCUT2D eigenvalue weighted by Crippen LogP contribution is -2.70. The van der Waals surface area contributed by atoms with Gasteiger partial charge in [0.1, 0.15) is 33.1 Å². The molecule has 3 atom stereocenters. The van der Waals surface area contributed by atoms with E-state index < -0.39 is 28.5 Å². The number of hydrogen-bond donors (Lipinski definition) is 2. The third kappa shape index (κ3) is 5.30. The zero-order chi connectivity index (χ0) is 24.2. The number of aryl methyl sites for hydroxylation is 1. The van der Waals surface area contributed by atoms with Crippen LogP contribution in [0.25, 0.3) is 0 Å². The molecule has 2 aliphatic heterocycles. The molecule has 1 saturated heterocycles. The maximum atomic E-state index is 13.0. The molecular weight excluding hydrogens is 521 g/mol. The van der Waals surface area contributed by atoms with Gasteiger partial charge in [-0.05, 0) is 31.6 Å². The lowest BCUT2D eigenvalue weighted by atomic mass is 10.0. The van der Waals surface area contributed by atoms with Crippen LogP contribution < -0.4 is 5.32 Å². The van der Waals surface area contributed by atoms with E-state index in [-0.39, 0.29) is 11.6 Å². The smallest absolute Gasteiger partial charge is 0.352 e. The highest BCUT2D eigenvalue weighted by atomic mass is 32.2. The van der Waals surface area contributed by atoms with Gasteiger partial charge in [0.2, 0.25) is 5.91 Å². The molecule has 0 saturated carbocycles. The van der Waals surface area contributed by atoms with Crippen LogP contribution in [-0.4, -0.2) is 73.5 Å². The largest absolute Gasteiger partial charge is 0.477 e. The first kappa shape index (κ1) is 25.1. The van der Waals surface area contributed by atoms with E-state index >= 15 is 0 Å². The van der Waals surface area contributed by atoms with Crippen LogP contribution in [0.4, 0.5) is 0 Å². The number of nitrogens with zero attached hydrogens (tertiary/aromatic N) is 3. The van der Waals surface area contributed by atoms with Gasteiger partial charge in [-0.15, -0.1) is 33.7 Å². The van der Waals surface area contributed by atoms with Crippen LogP contribution >= 0.6 is 46.6 Å². The molecule has 2 amide bonds. The maximum absolute atomic E-state index is 13.0. The monoisotopic (exact) mass is 542 g/mol. The van der Waals surface area contributed by atoms with Crippen molar-refractivity contribution in [2.45, 2.75) is 34.9 Å². The van der Waals surface area contributed by atoms with Crippen molar-refractivity contribution in [3.8, 4) is 0 Å². The third-order valence-corrected chi connectivity index (χ3v) is 9.47. The summed E-state index contributed by atoms with van der Waals surface area (Å²) in [6, 6.07) is 2.58. The number of carbonyl (C=O) groups is 3. The number of aromatic nitrogens is 2. The maximum Gasteiger partial charge on any atom is 0.352 e. The Hall–Kier alpha value is -2.00. The number of amides is 2. The van der Waals surface area contributed by atoms with Gasteiger partial charge < -0.3 is 19.6 Å². The van der Waals surface area contributed by atoms with Crippen LogP contribution in [0.3, 0.4) is 0 Å². The number of carbonyl (C=O) groups excluding carboxylic acids is 2. The number of hydrogen-bond acceptors (Lipinski definition) is 11. The van der Waals surface area contributed by atoms with Crippen molar-refractivity contribution in [2.24, 2.45) is 0 Å². The second-order valence-electron chi connectivity index (χ2n) is 7.20. The molecule has 2 aliphatic rings. The van der Waals surface area contributed by atoms with E-state index in [9.17, 15) is 19.5 Å². The lowest BCUT2D eigenvalue weighted by Gasteiger charge is -2.49. The standard InChI is InChI=1S/C20H22N4O6S4/c1-3-29-9-33-15(12-5-4-6-30-12)16(25)21-13-17(26)24-14(19(27)28)11(7-31-18(13)24)8-32-20-23-22-10(2)34-20/h4-6,13,15,18H,3,7-9H2,1-2H3,(H,21,25)(H,27,28)/t13-,15?,18?/m0/s1. The molecule has 2 unspecified atom stereocenters. The Morgan fingerprint density at radius 1 is 1.44 bits per heavy atom. The van der Waals surface area contributed by atoms with E-state index in [1.165, 1.54) is 57.8 Å². The summed E-state index contributed by atoms with van der Waals surface area (Å²) < 4.78 is 11.5. The number of fused-ring (bicyclic) bond motifs is 1. The van der Waals surface area contributed by atoms with Gasteiger partial charge in [0, 0.05) is 18.1 Å². The molecule has 0 radical (unpaired) electrons. The zero-order valence-electron chi connectivity index (χ0n) is 18.3. The second kappa shape index (κ2) is 11.2. The normalized spacial score (nSPS) is 20.6. The van der Waals surface area contributed by atoms with Gasteiger partial charge in [-0.1, -0.05) is 23.1 Å². The molecule has 4 rings (SSSR count). The van der Waals surface area contributed by atoms with Gasteiger partial charge in [-0.2, -0.15) is 0 Å². The van der Waals surface area contributed by atoms with Crippen LogP contribution in [0.1, 0.15) is 22.9 Å². The van der Waals surface area contributed by atoms with Gasteiger partial charge in [-0.25, -0.2) is 4.79 Å². The van der Waals surface area contributed by atoms with Gasteiger partial charge in [-0.3, -0.25) is 14.5 Å². The highest BCUT2D eigenvalue weighted by Gasteiger charge is 2.54. The Bertz CT molecular complexity index is 1090. The first-order valence-electron chi connectivity index (χ1n) is 10.3. The summed E-state index contributed by atoms with van der Waals surface area (Å²) in [6.45, 7) is 4.22. The Morgan fingerprint density at radius 2 is 2.26 bits per heavy atom. The average molecular weight is 543 g/mol. The van der Waals surface area contributed by atoms with E-state index in [1.54, 1.807) is 12.1 Å². The number of nitrogens with one attached hydrogen (secondary N) is 1. The summed E-state index contributed by atoms with van der Waals surface area (Å²) in [7, 11) is 0. The summed E-state index contributed by atoms with van der Waals surface area (Å²) >= 11 is 5.52. The second-order valence-corrected chi connectivity index (χ2v) is 11.8. The quantitative estimate of drug-likeness (QED) is 0.188. The number of furan rings is 1. The van der Waals surface area contributed by atoms with E-state index in [1.807, 2.05) is 13.8 Å². The first-order valence-corrected chi connectivity index (χ1v) is 14.2. The van der Waals surface area contributed by atoms with Crippen LogP contribution in [0, 0.1) is 6.92 Å². The molecular formula is C20H22N4O6S4. The molecule has 0 bridgehead atoms. The van der Waals surface area contributed by atoms with Gasteiger partial charge in [0.25, 0.3) is 5.91 Å². The van der Waals surface area contributed by atoms with E-state index in [4.69, 9.17) is 9.15 Å². The Kier molecular flexibility index (Phi) is 8.24. The minimum absolute atomic E-state index is 0.0127. The number of carboxylic acids is 1. The Balaban J connectivity index is 1.44. The number of aliphatic carboxylic acids is 1. The molecule has 0 aliphatic carbocycles. The molecule has 2 aromatic heterocycles. The SMILES string of the molecule is CCOCSC(C(=O)N[C@H]1C(=O)N2C(C(=O)O)=C(CSc3nnc(C)s3)CSC12)c1ccco1.